The average molecular weight is 359 g/mol. The number of carbonyl (C=O) groups excluding carboxylic acids is 1. The highest BCUT2D eigenvalue weighted by atomic mass is 16.4. The Kier molecular flexibility index (Phi) is 6.48. The van der Waals surface area contributed by atoms with Crippen molar-refractivity contribution in [3.8, 4) is 11.5 Å². The summed E-state index contributed by atoms with van der Waals surface area (Å²) in [6.07, 6.45) is 8.62. The van der Waals surface area contributed by atoms with Gasteiger partial charge >= 0.3 is 0 Å². The lowest BCUT2D eigenvalue weighted by atomic mass is 10.0. The van der Waals surface area contributed by atoms with Gasteiger partial charge in [0.2, 0.25) is 5.78 Å². The fraction of sp³-hybridized carbons (Fsp3) is 0.273. The zero-order chi connectivity index (χ0) is 18.9. The summed E-state index contributed by atoms with van der Waals surface area (Å²) in [6, 6.07) is 13.7. The van der Waals surface area contributed by atoms with Crippen LogP contribution in [0.3, 0.4) is 0 Å². The lowest BCUT2D eigenvalue weighted by Gasteiger charge is -2.01. The highest BCUT2D eigenvalue weighted by Crippen LogP contribution is 2.23. The zero-order valence-corrected chi connectivity index (χ0v) is 15.1. The maximum Gasteiger partial charge on any atom is 0.263 e. The standard InChI is InChI=1S/C22H21N3O2/c1-23-18-13-14-24-19(15-18)21-16-25-22(27-21)20(26)12-8-3-2-5-9-17-10-6-4-7-11-17/h4,6-7,10-11,13-16H,2-3,5,8-9,12H2. The molecule has 0 spiro atoms. The molecule has 1 aromatic carbocycles. The SMILES string of the molecule is [C-]#[N+]c1ccnc(-c2cnc(C(=O)CCCCCCc3ccccc3)o2)c1. The van der Waals surface area contributed by atoms with Gasteiger partial charge in [0.1, 0.15) is 0 Å². The van der Waals surface area contributed by atoms with Crippen LogP contribution in [0.25, 0.3) is 16.3 Å². The van der Waals surface area contributed by atoms with Crippen LogP contribution in [-0.2, 0) is 6.42 Å². The molecule has 0 amide bonds. The smallest absolute Gasteiger partial charge is 0.263 e. The van der Waals surface area contributed by atoms with Crippen LogP contribution in [0, 0.1) is 6.57 Å². The van der Waals surface area contributed by atoms with Gasteiger partial charge in [-0.25, -0.2) is 9.83 Å². The highest BCUT2D eigenvalue weighted by molar-refractivity contribution is 5.91. The molecular formula is C22H21N3O2. The van der Waals surface area contributed by atoms with Crippen molar-refractivity contribution >= 4 is 11.5 Å². The Labute approximate surface area is 158 Å². The minimum atomic E-state index is -0.0920. The van der Waals surface area contributed by atoms with Crippen LogP contribution in [0.4, 0.5) is 5.69 Å². The third-order valence-electron chi connectivity index (χ3n) is 4.33. The number of aryl methyl sites for hydroxylation is 1. The Bertz CT molecular complexity index is 926. The second kappa shape index (κ2) is 9.44. The minimum Gasteiger partial charge on any atom is -0.432 e. The monoisotopic (exact) mass is 359 g/mol. The molecule has 27 heavy (non-hydrogen) atoms. The molecule has 3 rings (SSSR count). The lowest BCUT2D eigenvalue weighted by molar-refractivity contribution is 0.0946. The van der Waals surface area contributed by atoms with E-state index >= 15 is 0 Å². The predicted molar refractivity (Wildman–Crippen MR) is 104 cm³/mol. The van der Waals surface area contributed by atoms with Crippen molar-refractivity contribution < 1.29 is 9.21 Å². The average Bonchev–Trinajstić information content (AvgIpc) is 3.22. The van der Waals surface area contributed by atoms with Crippen molar-refractivity contribution in [1.82, 2.24) is 9.97 Å². The van der Waals surface area contributed by atoms with Crippen LogP contribution < -0.4 is 0 Å². The van der Waals surface area contributed by atoms with E-state index in [-0.39, 0.29) is 11.7 Å². The summed E-state index contributed by atoms with van der Waals surface area (Å²) < 4.78 is 5.54. The number of hydrogen-bond donors (Lipinski definition) is 0. The summed E-state index contributed by atoms with van der Waals surface area (Å²) in [4.78, 5) is 23.8. The van der Waals surface area contributed by atoms with E-state index in [9.17, 15) is 4.79 Å². The van der Waals surface area contributed by atoms with E-state index in [1.165, 1.54) is 11.8 Å². The zero-order valence-electron chi connectivity index (χ0n) is 15.1. The number of carbonyl (C=O) groups is 1. The number of ketones is 1. The number of unbranched alkanes of at least 4 members (excludes halogenated alkanes) is 3. The van der Waals surface area contributed by atoms with Gasteiger partial charge in [-0.15, -0.1) is 0 Å². The number of oxazole rings is 1. The fourth-order valence-electron chi connectivity index (χ4n) is 2.86. The van der Waals surface area contributed by atoms with Gasteiger partial charge in [0.15, 0.2) is 11.4 Å². The number of benzene rings is 1. The molecule has 5 nitrogen and oxygen atoms in total. The second-order valence-electron chi connectivity index (χ2n) is 6.36. The van der Waals surface area contributed by atoms with Gasteiger partial charge in [0, 0.05) is 12.6 Å². The largest absolute Gasteiger partial charge is 0.432 e. The summed E-state index contributed by atoms with van der Waals surface area (Å²) in [5.41, 5.74) is 2.34. The first-order chi connectivity index (χ1) is 13.3. The number of aromatic nitrogens is 2. The maximum atomic E-state index is 12.2. The molecule has 0 fully saturated rings. The lowest BCUT2D eigenvalue weighted by Crippen LogP contribution is -1.99. The molecule has 3 aromatic rings. The number of rotatable bonds is 9. The van der Waals surface area contributed by atoms with Gasteiger partial charge in [-0.05, 0) is 37.0 Å². The Morgan fingerprint density at radius 2 is 1.85 bits per heavy atom. The molecular weight excluding hydrogens is 338 g/mol. The molecule has 0 N–H and O–H groups in total. The first kappa shape index (κ1) is 18.5. The number of hydrogen-bond acceptors (Lipinski definition) is 4. The van der Waals surface area contributed by atoms with Crippen molar-refractivity contribution in [2.45, 2.75) is 38.5 Å². The van der Waals surface area contributed by atoms with Gasteiger partial charge < -0.3 is 4.42 Å². The van der Waals surface area contributed by atoms with Crippen LogP contribution in [0.5, 0.6) is 0 Å². The molecule has 0 aliphatic heterocycles. The Hall–Kier alpha value is -3.26. The third-order valence-corrected chi connectivity index (χ3v) is 4.33. The molecule has 0 bridgehead atoms. The molecule has 2 heterocycles. The van der Waals surface area contributed by atoms with Crippen molar-refractivity contribution in [3.63, 3.8) is 0 Å². The van der Waals surface area contributed by atoms with E-state index in [4.69, 9.17) is 11.0 Å². The van der Waals surface area contributed by atoms with Gasteiger partial charge in [0.25, 0.3) is 5.89 Å². The summed E-state index contributed by atoms with van der Waals surface area (Å²) in [6.45, 7) is 7.05. The molecule has 0 saturated carbocycles. The first-order valence-electron chi connectivity index (χ1n) is 9.13. The molecule has 136 valence electrons. The molecule has 0 atom stereocenters. The van der Waals surface area contributed by atoms with Crippen molar-refractivity contribution in [2.75, 3.05) is 0 Å². The van der Waals surface area contributed by atoms with Crippen LogP contribution >= 0.6 is 0 Å². The highest BCUT2D eigenvalue weighted by Gasteiger charge is 2.14. The molecule has 0 unspecified atom stereocenters. The molecule has 5 heteroatoms. The molecule has 0 aliphatic carbocycles. The maximum absolute atomic E-state index is 12.2. The molecule has 0 saturated heterocycles. The van der Waals surface area contributed by atoms with Crippen molar-refractivity contribution in [1.29, 1.82) is 0 Å². The third kappa shape index (κ3) is 5.35. The second-order valence-corrected chi connectivity index (χ2v) is 6.36. The quantitative estimate of drug-likeness (QED) is 0.281. The van der Waals surface area contributed by atoms with Crippen LogP contribution in [0.2, 0.25) is 0 Å². The van der Waals surface area contributed by atoms with Gasteiger partial charge in [0.05, 0.1) is 18.5 Å². The van der Waals surface area contributed by atoms with Gasteiger partial charge in [-0.2, -0.15) is 0 Å². The molecule has 0 aliphatic rings. The summed E-state index contributed by atoms with van der Waals surface area (Å²) in [5.74, 6) is 0.432. The predicted octanol–water partition coefficient (Wildman–Crippen LogP) is 5.66. The summed E-state index contributed by atoms with van der Waals surface area (Å²) in [5, 5.41) is 0. The first-order valence-corrected chi connectivity index (χ1v) is 9.13. The van der Waals surface area contributed by atoms with Crippen molar-refractivity contribution in [2.24, 2.45) is 0 Å². The Morgan fingerprint density at radius 3 is 2.67 bits per heavy atom. The number of nitrogens with zero attached hydrogens (tertiary/aromatic N) is 3. The molecule has 2 aromatic heterocycles. The normalized spacial score (nSPS) is 10.5. The summed E-state index contributed by atoms with van der Waals surface area (Å²) in [7, 11) is 0. The topological polar surface area (TPSA) is 60.4 Å². The minimum absolute atomic E-state index is 0.0920. The van der Waals surface area contributed by atoms with E-state index in [1.54, 1.807) is 18.3 Å². The van der Waals surface area contributed by atoms with Crippen LogP contribution in [0.15, 0.2) is 59.3 Å². The van der Waals surface area contributed by atoms with E-state index in [2.05, 4.69) is 39.1 Å². The molecule has 0 radical (unpaired) electrons. The number of Topliss-reactive ketones (excluding diaryl/α,β-unsaturated/α-hetero) is 1. The Morgan fingerprint density at radius 1 is 1.04 bits per heavy atom. The summed E-state index contributed by atoms with van der Waals surface area (Å²) >= 11 is 0. The van der Waals surface area contributed by atoms with Gasteiger partial charge in [-0.1, -0.05) is 43.2 Å². The Balaban J connectivity index is 1.42. The van der Waals surface area contributed by atoms with E-state index in [1.807, 2.05) is 6.07 Å². The van der Waals surface area contributed by atoms with E-state index < -0.39 is 0 Å². The van der Waals surface area contributed by atoms with Crippen LogP contribution in [0.1, 0.15) is 48.4 Å². The number of pyridine rings is 1. The van der Waals surface area contributed by atoms with Gasteiger partial charge in [-0.3, -0.25) is 9.78 Å². The van der Waals surface area contributed by atoms with E-state index in [0.29, 0.717) is 23.6 Å². The fourth-order valence-corrected chi connectivity index (χ4v) is 2.86. The van der Waals surface area contributed by atoms with Crippen molar-refractivity contribution in [3.05, 3.63) is 77.7 Å². The van der Waals surface area contributed by atoms with E-state index in [0.717, 1.165) is 32.1 Å². The van der Waals surface area contributed by atoms with Crippen LogP contribution in [-0.4, -0.2) is 15.8 Å².